The smallest absolute Gasteiger partial charge is 0.211 e. The lowest BCUT2D eigenvalue weighted by Gasteiger charge is -2.27. The van der Waals surface area contributed by atoms with E-state index in [-0.39, 0.29) is 0 Å². The summed E-state index contributed by atoms with van der Waals surface area (Å²) in [6.45, 7) is 1.59. The Kier molecular flexibility index (Phi) is 6.16. The van der Waals surface area contributed by atoms with Gasteiger partial charge in [-0.25, -0.2) is 8.42 Å². The molecule has 1 aromatic heterocycles. The van der Waals surface area contributed by atoms with Crippen molar-refractivity contribution in [1.82, 2.24) is 9.29 Å². The van der Waals surface area contributed by atoms with Crippen molar-refractivity contribution in [2.75, 3.05) is 19.4 Å². The summed E-state index contributed by atoms with van der Waals surface area (Å²) in [5.41, 5.74) is 5.59. The number of nitrogens with zero attached hydrogens (tertiary/aromatic N) is 2. The Morgan fingerprint density at radius 2 is 1.83 bits per heavy atom. The number of aromatic nitrogens is 1. The minimum atomic E-state index is -3.15. The zero-order chi connectivity index (χ0) is 21.0. The first-order valence-corrected chi connectivity index (χ1v) is 12.0. The van der Waals surface area contributed by atoms with Crippen LogP contribution in [-0.2, 0) is 29.4 Å². The monoisotopic (exact) mass is 422 g/mol. The molecule has 6 heteroatoms. The molecule has 0 atom stereocenters. The molecule has 1 aliphatic heterocycles. The van der Waals surface area contributed by atoms with Gasteiger partial charge in [-0.3, -0.25) is 4.98 Å². The molecule has 156 valence electrons. The number of hydrogen-bond acceptors (Lipinski definition) is 4. The van der Waals surface area contributed by atoms with Gasteiger partial charge < -0.3 is 4.74 Å². The van der Waals surface area contributed by atoms with Crippen LogP contribution in [0.2, 0.25) is 0 Å². The normalized spacial score (nSPS) is 14.3. The van der Waals surface area contributed by atoms with E-state index in [0.29, 0.717) is 19.7 Å². The highest BCUT2D eigenvalue weighted by Gasteiger charge is 2.23. The number of sulfonamides is 1. The number of fused-ring (bicyclic) bond motifs is 1. The van der Waals surface area contributed by atoms with Crippen molar-refractivity contribution in [2.24, 2.45) is 0 Å². The fourth-order valence-corrected chi connectivity index (χ4v) is 4.49. The topological polar surface area (TPSA) is 59.5 Å². The molecule has 0 saturated heterocycles. The molecule has 0 saturated carbocycles. The maximum Gasteiger partial charge on any atom is 0.211 e. The Labute approximate surface area is 178 Å². The third kappa shape index (κ3) is 5.07. The second-order valence-electron chi connectivity index (χ2n) is 7.63. The fraction of sp³-hybridized carbons (Fsp3) is 0.292. The Balaban J connectivity index is 1.27. The van der Waals surface area contributed by atoms with E-state index in [1.165, 1.54) is 21.7 Å². The standard InChI is InChI=1S/C24H26N2O3S/c1-30(27,28)26-14-13-20-16-24(12-10-22(20)18-26)29-15-5-8-23-11-9-21(17-25-23)19-6-3-2-4-7-19/h2-4,6-7,9-12,16-17H,5,8,13-15,18H2,1H3. The van der Waals surface area contributed by atoms with Gasteiger partial charge in [-0.15, -0.1) is 0 Å². The van der Waals surface area contributed by atoms with Crippen LogP contribution in [0.1, 0.15) is 23.2 Å². The minimum Gasteiger partial charge on any atom is -0.494 e. The first-order chi connectivity index (χ1) is 14.5. The Bertz CT molecular complexity index is 1100. The molecule has 0 amide bonds. The number of ether oxygens (including phenoxy) is 1. The lowest BCUT2D eigenvalue weighted by Crippen LogP contribution is -2.35. The molecule has 0 aliphatic carbocycles. The average Bonchev–Trinajstić information content (AvgIpc) is 2.77. The number of benzene rings is 2. The molecule has 0 fully saturated rings. The van der Waals surface area contributed by atoms with Crippen LogP contribution >= 0.6 is 0 Å². The van der Waals surface area contributed by atoms with Gasteiger partial charge in [0.25, 0.3) is 0 Å². The van der Waals surface area contributed by atoms with Gasteiger partial charge in [0.05, 0.1) is 12.9 Å². The van der Waals surface area contributed by atoms with Gasteiger partial charge in [0.15, 0.2) is 0 Å². The summed E-state index contributed by atoms with van der Waals surface area (Å²) in [5.74, 6) is 0.842. The van der Waals surface area contributed by atoms with E-state index < -0.39 is 10.0 Å². The third-order valence-electron chi connectivity index (χ3n) is 5.40. The molecule has 0 bridgehead atoms. The molecular weight excluding hydrogens is 396 g/mol. The molecule has 2 aromatic carbocycles. The van der Waals surface area contributed by atoms with Crippen LogP contribution in [0.25, 0.3) is 11.1 Å². The van der Waals surface area contributed by atoms with E-state index in [1.807, 2.05) is 42.6 Å². The number of aryl methyl sites for hydroxylation is 1. The zero-order valence-corrected chi connectivity index (χ0v) is 17.9. The number of rotatable bonds is 7. The predicted molar refractivity (Wildman–Crippen MR) is 119 cm³/mol. The number of hydrogen-bond donors (Lipinski definition) is 0. The molecule has 3 aromatic rings. The second-order valence-corrected chi connectivity index (χ2v) is 9.62. The van der Waals surface area contributed by atoms with Crippen molar-refractivity contribution < 1.29 is 13.2 Å². The van der Waals surface area contributed by atoms with E-state index in [9.17, 15) is 8.42 Å². The summed E-state index contributed by atoms with van der Waals surface area (Å²) >= 11 is 0. The molecule has 0 N–H and O–H groups in total. The van der Waals surface area contributed by atoms with Gasteiger partial charge in [0.2, 0.25) is 10.0 Å². The maximum absolute atomic E-state index is 11.7. The molecule has 4 rings (SSSR count). The quantitative estimate of drug-likeness (QED) is 0.539. The van der Waals surface area contributed by atoms with Crippen LogP contribution in [0.5, 0.6) is 5.75 Å². The van der Waals surface area contributed by atoms with E-state index >= 15 is 0 Å². The first-order valence-electron chi connectivity index (χ1n) is 10.2. The van der Waals surface area contributed by atoms with E-state index in [4.69, 9.17) is 4.74 Å². The van der Waals surface area contributed by atoms with Crippen molar-refractivity contribution in [3.05, 3.63) is 83.7 Å². The van der Waals surface area contributed by atoms with Crippen molar-refractivity contribution >= 4 is 10.0 Å². The summed E-state index contributed by atoms with van der Waals surface area (Å²) in [4.78, 5) is 4.57. The summed E-state index contributed by atoms with van der Waals surface area (Å²) in [6.07, 6.45) is 5.66. The summed E-state index contributed by atoms with van der Waals surface area (Å²) in [5, 5.41) is 0. The lowest BCUT2D eigenvalue weighted by atomic mass is 10.0. The molecular formula is C24H26N2O3S. The Morgan fingerprint density at radius 3 is 2.57 bits per heavy atom. The van der Waals surface area contributed by atoms with Gasteiger partial charge >= 0.3 is 0 Å². The van der Waals surface area contributed by atoms with Crippen molar-refractivity contribution in [3.63, 3.8) is 0 Å². The molecule has 5 nitrogen and oxygen atoms in total. The first kappa shape index (κ1) is 20.6. The molecule has 0 radical (unpaired) electrons. The van der Waals surface area contributed by atoms with Gasteiger partial charge in [-0.1, -0.05) is 42.5 Å². The van der Waals surface area contributed by atoms with Gasteiger partial charge in [-0.05, 0) is 54.2 Å². The largest absolute Gasteiger partial charge is 0.494 e. The van der Waals surface area contributed by atoms with Crippen LogP contribution in [0.4, 0.5) is 0 Å². The molecule has 0 unspecified atom stereocenters. The molecule has 0 spiro atoms. The van der Waals surface area contributed by atoms with Gasteiger partial charge in [0, 0.05) is 30.5 Å². The van der Waals surface area contributed by atoms with Crippen molar-refractivity contribution in [2.45, 2.75) is 25.8 Å². The van der Waals surface area contributed by atoms with Gasteiger partial charge in [-0.2, -0.15) is 4.31 Å². The van der Waals surface area contributed by atoms with Crippen LogP contribution in [0.15, 0.2) is 66.9 Å². The minimum absolute atomic E-state index is 0.444. The fourth-order valence-electron chi connectivity index (χ4n) is 3.69. The van der Waals surface area contributed by atoms with Crippen LogP contribution in [0.3, 0.4) is 0 Å². The van der Waals surface area contributed by atoms with Crippen molar-refractivity contribution in [1.29, 1.82) is 0 Å². The van der Waals surface area contributed by atoms with Crippen molar-refractivity contribution in [3.8, 4) is 16.9 Å². The predicted octanol–water partition coefficient (Wildman–Crippen LogP) is 4.08. The molecule has 2 heterocycles. The highest BCUT2D eigenvalue weighted by molar-refractivity contribution is 7.88. The zero-order valence-electron chi connectivity index (χ0n) is 17.1. The third-order valence-corrected chi connectivity index (χ3v) is 6.65. The van der Waals surface area contributed by atoms with Crippen LogP contribution in [-0.4, -0.2) is 37.1 Å². The highest BCUT2D eigenvalue weighted by atomic mass is 32.2. The summed E-state index contributed by atoms with van der Waals surface area (Å²) in [6, 6.07) is 20.4. The Morgan fingerprint density at radius 1 is 1.00 bits per heavy atom. The van der Waals surface area contributed by atoms with E-state index in [1.54, 1.807) is 0 Å². The highest BCUT2D eigenvalue weighted by Crippen LogP contribution is 2.25. The van der Waals surface area contributed by atoms with E-state index in [2.05, 4.69) is 29.2 Å². The molecule has 1 aliphatic rings. The second kappa shape index (κ2) is 8.98. The summed E-state index contributed by atoms with van der Waals surface area (Å²) < 4.78 is 30.9. The Hall–Kier alpha value is -2.70. The molecule has 30 heavy (non-hydrogen) atoms. The summed E-state index contributed by atoms with van der Waals surface area (Å²) in [7, 11) is -3.15. The van der Waals surface area contributed by atoms with E-state index in [0.717, 1.165) is 41.8 Å². The number of pyridine rings is 1. The van der Waals surface area contributed by atoms with Crippen LogP contribution in [0, 0.1) is 0 Å². The SMILES string of the molecule is CS(=O)(=O)N1CCc2cc(OCCCc3ccc(-c4ccccc4)cn3)ccc2C1. The lowest BCUT2D eigenvalue weighted by molar-refractivity contribution is 0.309. The average molecular weight is 423 g/mol. The van der Waals surface area contributed by atoms with Crippen LogP contribution < -0.4 is 4.74 Å². The maximum atomic E-state index is 11.7. The van der Waals surface area contributed by atoms with Gasteiger partial charge in [0.1, 0.15) is 5.75 Å².